The van der Waals surface area contributed by atoms with Crippen LogP contribution in [0.2, 0.25) is 0 Å². The number of carboxylic acids is 2. The number of carboxylic acid groups (broad SMARTS) is 2. The van der Waals surface area contributed by atoms with E-state index in [1.54, 1.807) is 24.3 Å². The van der Waals surface area contributed by atoms with E-state index in [9.17, 15) is 9.59 Å². The molecule has 6 heteroatoms. The lowest BCUT2D eigenvalue weighted by molar-refractivity contribution is -0.141. The van der Waals surface area contributed by atoms with Crippen molar-refractivity contribution in [2.24, 2.45) is 5.92 Å². The van der Waals surface area contributed by atoms with Crippen LogP contribution in [0.4, 0.5) is 0 Å². The third kappa shape index (κ3) is 4.89. The van der Waals surface area contributed by atoms with Crippen LogP contribution in [0, 0.1) is 5.92 Å². The van der Waals surface area contributed by atoms with Crippen LogP contribution in [-0.2, 0) is 16.1 Å². The predicted molar refractivity (Wildman–Crippen MR) is 72.7 cm³/mol. The number of nitrogens with one attached hydrogen (secondary N) is 1. The lowest BCUT2D eigenvalue weighted by atomic mass is 10.0. The highest BCUT2D eigenvalue weighted by Crippen LogP contribution is 2.18. The number of hydrogen-bond donors (Lipinski definition) is 3. The second-order valence-electron chi connectivity index (χ2n) is 4.73. The maximum atomic E-state index is 11.1. The topological polar surface area (TPSA) is 95.9 Å². The largest absolute Gasteiger partial charge is 0.482 e. The zero-order valence-electron chi connectivity index (χ0n) is 11.5. The summed E-state index contributed by atoms with van der Waals surface area (Å²) < 4.78 is 5.16. The Hall–Kier alpha value is -2.08. The van der Waals surface area contributed by atoms with Gasteiger partial charge in [0, 0.05) is 12.1 Å². The first-order valence-electron chi connectivity index (χ1n) is 6.30. The van der Waals surface area contributed by atoms with Crippen molar-refractivity contribution in [2.75, 3.05) is 6.61 Å². The Labute approximate surface area is 117 Å². The first-order chi connectivity index (χ1) is 9.41. The molecular weight excluding hydrogens is 262 g/mol. The molecule has 0 unspecified atom stereocenters. The van der Waals surface area contributed by atoms with Gasteiger partial charge >= 0.3 is 11.9 Å². The van der Waals surface area contributed by atoms with Gasteiger partial charge in [0.05, 0.1) is 0 Å². The maximum absolute atomic E-state index is 11.1. The number of ether oxygens (including phenoxy) is 1. The molecule has 0 aliphatic rings. The summed E-state index contributed by atoms with van der Waals surface area (Å²) in [5.41, 5.74) is 0.723. The Balaban J connectivity index is 2.71. The Kier molecular flexibility index (Phi) is 5.99. The van der Waals surface area contributed by atoms with Gasteiger partial charge < -0.3 is 14.9 Å². The molecule has 0 spiro atoms. The Morgan fingerprint density at radius 3 is 2.45 bits per heavy atom. The van der Waals surface area contributed by atoms with E-state index in [0.717, 1.165) is 5.56 Å². The molecule has 1 aromatic carbocycles. The van der Waals surface area contributed by atoms with Gasteiger partial charge in [-0.3, -0.25) is 10.1 Å². The van der Waals surface area contributed by atoms with Crippen LogP contribution in [0.25, 0.3) is 0 Å². The molecule has 0 heterocycles. The predicted octanol–water partition coefficient (Wildman–Crippen LogP) is 1.35. The lowest BCUT2D eigenvalue weighted by Crippen LogP contribution is -2.40. The van der Waals surface area contributed by atoms with Crippen LogP contribution in [0.15, 0.2) is 24.3 Å². The molecule has 20 heavy (non-hydrogen) atoms. The Morgan fingerprint density at radius 1 is 1.25 bits per heavy atom. The molecule has 0 saturated carbocycles. The molecule has 1 atom stereocenters. The molecule has 1 aromatic rings. The first-order valence-corrected chi connectivity index (χ1v) is 6.30. The van der Waals surface area contributed by atoms with Crippen LogP contribution in [0.3, 0.4) is 0 Å². The van der Waals surface area contributed by atoms with Crippen molar-refractivity contribution in [2.45, 2.75) is 26.4 Å². The van der Waals surface area contributed by atoms with E-state index in [1.165, 1.54) is 0 Å². The average Bonchev–Trinajstić information content (AvgIpc) is 2.36. The van der Waals surface area contributed by atoms with Gasteiger partial charge in [-0.1, -0.05) is 32.0 Å². The summed E-state index contributed by atoms with van der Waals surface area (Å²) >= 11 is 0. The van der Waals surface area contributed by atoms with Gasteiger partial charge in [0.2, 0.25) is 0 Å². The molecule has 0 amide bonds. The first kappa shape index (κ1) is 16.0. The van der Waals surface area contributed by atoms with Crippen LogP contribution in [0.1, 0.15) is 19.4 Å². The van der Waals surface area contributed by atoms with Crippen LogP contribution in [-0.4, -0.2) is 34.8 Å². The summed E-state index contributed by atoms with van der Waals surface area (Å²) in [6.07, 6.45) is 0. The summed E-state index contributed by atoms with van der Waals surface area (Å²) in [5, 5.41) is 20.6. The standard InChI is InChI=1S/C14H19NO5/c1-9(2)13(14(18)19)15-7-10-5-3-4-6-11(10)20-8-12(16)17/h3-6,9,13,15H,7-8H2,1-2H3,(H,16,17)(H,18,19)/t13-/m0/s1. The fourth-order valence-electron chi connectivity index (χ4n) is 1.76. The minimum absolute atomic E-state index is 0.0559. The monoisotopic (exact) mass is 281 g/mol. The maximum Gasteiger partial charge on any atom is 0.341 e. The second-order valence-corrected chi connectivity index (χ2v) is 4.73. The van der Waals surface area contributed by atoms with Gasteiger partial charge in [-0.2, -0.15) is 0 Å². The molecule has 0 aromatic heterocycles. The quantitative estimate of drug-likeness (QED) is 0.665. The van der Waals surface area contributed by atoms with Gasteiger partial charge in [0.25, 0.3) is 0 Å². The highest BCUT2D eigenvalue weighted by atomic mass is 16.5. The van der Waals surface area contributed by atoms with E-state index < -0.39 is 24.6 Å². The Morgan fingerprint density at radius 2 is 1.90 bits per heavy atom. The molecule has 0 aliphatic carbocycles. The summed E-state index contributed by atoms with van der Waals surface area (Å²) in [5.74, 6) is -1.59. The van der Waals surface area contributed by atoms with Gasteiger partial charge in [0.1, 0.15) is 11.8 Å². The zero-order chi connectivity index (χ0) is 15.1. The van der Waals surface area contributed by atoms with Crippen LogP contribution < -0.4 is 10.1 Å². The third-order valence-electron chi connectivity index (χ3n) is 2.77. The van der Waals surface area contributed by atoms with Gasteiger partial charge in [-0.15, -0.1) is 0 Å². The van der Waals surface area contributed by atoms with Gasteiger partial charge in [-0.05, 0) is 12.0 Å². The third-order valence-corrected chi connectivity index (χ3v) is 2.77. The fraction of sp³-hybridized carbons (Fsp3) is 0.429. The molecular formula is C14H19NO5. The van der Waals surface area contributed by atoms with Crippen molar-refractivity contribution >= 4 is 11.9 Å². The Bertz CT molecular complexity index is 472. The van der Waals surface area contributed by atoms with Crippen molar-refractivity contribution < 1.29 is 24.5 Å². The van der Waals surface area contributed by atoms with Crippen molar-refractivity contribution in [3.05, 3.63) is 29.8 Å². The summed E-state index contributed by atoms with van der Waals surface area (Å²) in [6.45, 7) is 3.51. The molecule has 0 saturated heterocycles. The fourth-order valence-corrected chi connectivity index (χ4v) is 1.76. The summed E-state index contributed by atoms with van der Waals surface area (Å²) in [6, 6.07) is 6.28. The minimum Gasteiger partial charge on any atom is -0.482 e. The average molecular weight is 281 g/mol. The normalized spacial score (nSPS) is 12.2. The van der Waals surface area contributed by atoms with E-state index in [2.05, 4.69) is 5.32 Å². The van der Waals surface area contributed by atoms with Crippen molar-refractivity contribution in [3.63, 3.8) is 0 Å². The minimum atomic E-state index is -1.06. The number of para-hydroxylation sites is 1. The van der Waals surface area contributed by atoms with Crippen LogP contribution in [0.5, 0.6) is 5.75 Å². The number of hydrogen-bond acceptors (Lipinski definition) is 4. The number of benzene rings is 1. The highest BCUT2D eigenvalue weighted by molar-refractivity contribution is 5.73. The molecule has 0 fully saturated rings. The number of rotatable bonds is 8. The molecule has 0 aliphatic heterocycles. The van der Waals surface area contributed by atoms with Gasteiger partial charge in [-0.25, -0.2) is 4.79 Å². The van der Waals surface area contributed by atoms with E-state index in [4.69, 9.17) is 14.9 Å². The SMILES string of the molecule is CC(C)[C@H](NCc1ccccc1OCC(=O)O)C(=O)O. The smallest absolute Gasteiger partial charge is 0.341 e. The van der Waals surface area contributed by atoms with Crippen molar-refractivity contribution in [1.82, 2.24) is 5.32 Å². The zero-order valence-corrected chi connectivity index (χ0v) is 11.5. The summed E-state index contributed by atoms with van der Waals surface area (Å²) in [7, 11) is 0. The van der Waals surface area contributed by atoms with Crippen LogP contribution >= 0.6 is 0 Å². The van der Waals surface area contributed by atoms with E-state index in [1.807, 2.05) is 13.8 Å². The molecule has 3 N–H and O–H groups in total. The lowest BCUT2D eigenvalue weighted by Gasteiger charge is -2.19. The molecule has 110 valence electrons. The van der Waals surface area contributed by atoms with Crippen molar-refractivity contribution in [1.29, 1.82) is 0 Å². The molecule has 0 bridgehead atoms. The summed E-state index contributed by atoms with van der Waals surface area (Å²) in [4.78, 5) is 21.6. The van der Waals surface area contributed by atoms with Crippen molar-refractivity contribution in [3.8, 4) is 5.75 Å². The molecule has 6 nitrogen and oxygen atoms in total. The molecule has 1 rings (SSSR count). The van der Waals surface area contributed by atoms with E-state index in [-0.39, 0.29) is 5.92 Å². The van der Waals surface area contributed by atoms with E-state index >= 15 is 0 Å². The molecule has 0 radical (unpaired) electrons. The highest BCUT2D eigenvalue weighted by Gasteiger charge is 2.20. The number of aliphatic carboxylic acids is 2. The van der Waals surface area contributed by atoms with E-state index in [0.29, 0.717) is 12.3 Å². The van der Waals surface area contributed by atoms with Gasteiger partial charge in [0.15, 0.2) is 6.61 Å². The second kappa shape index (κ2) is 7.49. The number of carbonyl (C=O) groups is 2.